The molecule has 110 valence electrons. The molecule has 1 saturated heterocycles. The lowest BCUT2D eigenvalue weighted by molar-refractivity contribution is -0.139. The Bertz CT molecular complexity index is 318. The molecule has 1 heterocycles. The average molecular weight is 271 g/mol. The predicted octanol–water partition coefficient (Wildman–Crippen LogP) is 0.975. The van der Waals surface area contributed by atoms with Crippen molar-refractivity contribution in [1.29, 1.82) is 0 Å². The lowest BCUT2D eigenvalue weighted by atomic mass is 10.2. The van der Waals surface area contributed by atoms with E-state index in [9.17, 15) is 9.59 Å². The number of urea groups is 1. The Morgan fingerprint density at radius 2 is 2.00 bits per heavy atom. The first-order chi connectivity index (χ1) is 9.03. The summed E-state index contributed by atoms with van der Waals surface area (Å²) >= 11 is 0. The summed E-state index contributed by atoms with van der Waals surface area (Å²) in [5.74, 6) is -0.977. The first-order valence-corrected chi connectivity index (χ1v) is 7.05. The molecule has 0 radical (unpaired) electrons. The monoisotopic (exact) mass is 271 g/mol. The molecule has 6 nitrogen and oxygen atoms in total. The van der Waals surface area contributed by atoms with E-state index in [1.807, 2.05) is 0 Å². The van der Waals surface area contributed by atoms with E-state index in [2.05, 4.69) is 24.1 Å². The summed E-state index contributed by atoms with van der Waals surface area (Å²) in [6.45, 7) is 9.31. The Kier molecular flexibility index (Phi) is 6.08. The maximum Gasteiger partial charge on any atom is 0.326 e. The number of carboxylic acids is 1. The number of hydrogen-bond donors (Lipinski definition) is 2. The van der Waals surface area contributed by atoms with Crippen molar-refractivity contribution in [3.8, 4) is 0 Å². The van der Waals surface area contributed by atoms with Crippen molar-refractivity contribution in [3.05, 3.63) is 0 Å². The topological polar surface area (TPSA) is 72.9 Å². The number of carbonyl (C=O) groups excluding carboxylic acids is 1. The fourth-order valence-electron chi connectivity index (χ4n) is 2.54. The van der Waals surface area contributed by atoms with Crippen LogP contribution < -0.4 is 5.32 Å². The first kappa shape index (κ1) is 15.8. The number of nitrogens with one attached hydrogen (secondary N) is 1. The van der Waals surface area contributed by atoms with Gasteiger partial charge in [-0.2, -0.15) is 0 Å². The zero-order valence-electron chi connectivity index (χ0n) is 12.1. The van der Waals surface area contributed by atoms with E-state index in [4.69, 9.17) is 5.11 Å². The van der Waals surface area contributed by atoms with E-state index < -0.39 is 12.0 Å². The number of hydrogen-bond acceptors (Lipinski definition) is 3. The molecule has 1 rings (SSSR count). The van der Waals surface area contributed by atoms with Gasteiger partial charge in [0.25, 0.3) is 0 Å². The van der Waals surface area contributed by atoms with Crippen molar-refractivity contribution in [3.63, 3.8) is 0 Å². The molecule has 1 aliphatic heterocycles. The third-order valence-electron chi connectivity index (χ3n) is 3.78. The summed E-state index contributed by atoms with van der Waals surface area (Å²) in [5.41, 5.74) is 0. The smallest absolute Gasteiger partial charge is 0.326 e. The van der Waals surface area contributed by atoms with E-state index in [0.717, 1.165) is 19.5 Å². The zero-order chi connectivity index (χ0) is 14.4. The molecule has 2 atom stereocenters. The Labute approximate surface area is 114 Å². The molecule has 0 aromatic rings. The minimum atomic E-state index is -0.977. The van der Waals surface area contributed by atoms with Gasteiger partial charge in [0.05, 0.1) is 0 Å². The normalized spacial score (nSPS) is 20.6. The number of likely N-dealkylation sites (N-methyl/N-ethyl adjacent to an activating group) is 1. The van der Waals surface area contributed by atoms with Crippen LogP contribution in [0.3, 0.4) is 0 Å². The molecule has 1 fully saturated rings. The number of rotatable bonds is 6. The lowest BCUT2D eigenvalue weighted by Gasteiger charge is -2.26. The van der Waals surface area contributed by atoms with Gasteiger partial charge in [-0.3, -0.25) is 4.90 Å². The van der Waals surface area contributed by atoms with Crippen LogP contribution in [0.25, 0.3) is 0 Å². The molecule has 0 aromatic carbocycles. The van der Waals surface area contributed by atoms with Gasteiger partial charge in [0.1, 0.15) is 6.04 Å². The van der Waals surface area contributed by atoms with Crippen molar-refractivity contribution in [1.82, 2.24) is 15.1 Å². The van der Waals surface area contributed by atoms with Crippen LogP contribution in [-0.2, 0) is 4.79 Å². The second-order valence-corrected chi connectivity index (χ2v) is 4.86. The van der Waals surface area contributed by atoms with Crippen molar-refractivity contribution in [2.75, 3.05) is 26.2 Å². The number of likely N-dealkylation sites (tertiary alicyclic amines) is 1. The van der Waals surface area contributed by atoms with Crippen molar-refractivity contribution in [2.24, 2.45) is 0 Å². The summed E-state index contributed by atoms with van der Waals surface area (Å²) in [5, 5.41) is 11.5. The number of carboxylic acid groups (broad SMARTS) is 1. The maximum atomic E-state index is 12.0. The van der Waals surface area contributed by atoms with Crippen LogP contribution in [0.5, 0.6) is 0 Å². The van der Waals surface area contributed by atoms with Gasteiger partial charge in [-0.25, -0.2) is 9.59 Å². The van der Waals surface area contributed by atoms with Crippen molar-refractivity contribution < 1.29 is 14.7 Å². The van der Waals surface area contributed by atoms with Crippen molar-refractivity contribution >= 4 is 12.0 Å². The van der Waals surface area contributed by atoms with Gasteiger partial charge in [0, 0.05) is 19.1 Å². The van der Waals surface area contributed by atoms with Gasteiger partial charge in [-0.1, -0.05) is 20.8 Å². The van der Waals surface area contributed by atoms with Crippen molar-refractivity contribution in [2.45, 2.75) is 45.7 Å². The third kappa shape index (κ3) is 4.09. The second kappa shape index (κ2) is 7.33. The molecule has 1 unspecified atom stereocenters. The summed E-state index contributed by atoms with van der Waals surface area (Å²) in [6, 6.07) is -0.658. The van der Waals surface area contributed by atoms with Gasteiger partial charge in [0.2, 0.25) is 0 Å². The van der Waals surface area contributed by atoms with E-state index in [1.54, 1.807) is 11.8 Å². The SMILES string of the molecule is CC[C@@H](NC(=O)N1CCC(N(CC)CC)C1)C(=O)O. The molecule has 1 aliphatic rings. The number of carbonyl (C=O) groups is 2. The average Bonchev–Trinajstić information content (AvgIpc) is 2.86. The van der Waals surface area contributed by atoms with E-state index in [-0.39, 0.29) is 6.03 Å². The highest BCUT2D eigenvalue weighted by Crippen LogP contribution is 2.15. The Hall–Kier alpha value is -1.30. The molecule has 0 aromatic heterocycles. The van der Waals surface area contributed by atoms with Gasteiger partial charge in [-0.15, -0.1) is 0 Å². The van der Waals surface area contributed by atoms with E-state index in [0.29, 0.717) is 25.6 Å². The second-order valence-electron chi connectivity index (χ2n) is 4.86. The zero-order valence-corrected chi connectivity index (χ0v) is 12.1. The lowest BCUT2D eigenvalue weighted by Crippen LogP contribution is -2.48. The molecule has 6 heteroatoms. The number of nitrogens with zero attached hydrogens (tertiary/aromatic N) is 2. The fourth-order valence-corrected chi connectivity index (χ4v) is 2.54. The fraction of sp³-hybridized carbons (Fsp3) is 0.846. The summed E-state index contributed by atoms with van der Waals surface area (Å²) in [4.78, 5) is 27.0. The highest BCUT2D eigenvalue weighted by Gasteiger charge is 2.30. The minimum Gasteiger partial charge on any atom is -0.480 e. The molecule has 0 bridgehead atoms. The van der Waals surface area contributed by atoms with Crippen LogP contribution in [0.2, 0.25) is 0 Å². The van der Waals surface area contributed by atoms with Gasteiger partial charge in [-0.05, 0) is 25.9 Å². The third-order valence-corrected chi connectivity index (χ3v) is 3.78. The highest BCUT2D eigenvalue weighted by molar-refractivity contribution is 5.82. The Balaban J connectivity index is 2.50. The number of aliphatic carboxylic acids is 1. The van der Waals surface area contributed by atoms with Gasteiger partial charge >= 0.3 is 12.0 Å². The molecule has 0 saturated carbocycles. The molecule has 0 spiro atoms. The first-order valence-electron chi connectivity index (χ1n) is 7.05. The quantitative estimate of drug-likeness (QED) is 0.755. The van der Waals surface area contributed by atoms with Gasteiger partial charge in [0.15, 0.2) is 0 Å². The van der Waals surface area contributed by atoms with Crippen LogP contribution in [0.1, 0.15) is 33.6 Å². The highest BCUT2D eigenvalue weighted by atomic mass is 16.4. The van der Waals surface area contributed by atoms with Crippen LogP contribution in [0.4, 0.5) is 4.79 Å². The minimum absolute atomic E-state index is 0.260. The largest absolute Gasteiger partial charge is 0.480 e. The molecule has 19 heavy (non-hydrogen) atoms. The molecular weight excluding hydrogens is 246 g/mol. The molecule has 0 aliphatic carbocycles. The summed E-state index contributed by atoms with van der Waals surface area (Å²) < 4.78 is 0. The van der Waals surface area contributed by atoms with Crippen LogP contribution in [-0.4, -0.2) is 65.2 Å². The predicted molar refractivity (Wildman–Crippen MR) is 73.1 cm³/mol. The van der Waals surface area contributed by atoms with Gasteiger partial charge < -0.3 is 15.3 Å². The Morgan fingerprint density at radius 3 is 2.47 bits per heavy atom. The summed E-state index contributed by atoms with van der Waals surface area (Å²) in [7, 11) is 0. The standard InChI is InChI=1S/C13H25N3O3/c1-4-11(12(17)18)14-13(19)16-8-7-10(9-16)15(5-2)6-3/h10-11H,4-9H2,1-3H3,(H,14,19)(H,17,18)/t10?,11-/m1/s1. The number of amides is 2. The van der Waals surface area contributed by atoms with E-state index in [1.165, 1.54) is 0 Å². The van der Waals surface area contributed by atoms with Crippen LogP contribution in [0, 0.1) is 0 Å². The maximum absolute atomic E-state index is 12.0. The molecule has 2 amide bonds. The van der Waals surface area contributed by atoms with Crippen LogP contribution >= 0.6 is 0 Å². The molecular formula is C13H25N3O3. The van der Waals surface area contributed by atoms with E-state index >= 15 is 0 Å². The molecule has 2 N–H and O–H groups in total. The van der Waals surface area contributed by atoms with Crippen LogP contribution in [0.15, 0.2) is 0 Å². The Morgan fingerprint density at radius 1 is 1.37 bits per heavy atom. The summed E-state index contributed by atoms with van der Waals surface area (Å²) in [6.07, 6.45) is 1.35.